The summed E-state index contributed by atoms with van der Waals surface area (Å²) in [5.74, 6) is 1.18. The summed E-state index contributed by atoms with van der Waals surface area (Å²) < 4.78 is 26.2. The first-order valence-electron chi connectivity index (χ1n) is 8.04. The minimum Gasteiger partial charge on any atom is -0.340 e. The summed E-state index contributed by atoms with van der Waals surface area (Å²) >= 11 is 1.68. The minimum atomic E-state index is -3.50. The van der Waals surface area contributed by atoms with Gasteiger partial charge in [0.2, 0.25) is 10.0 Å². The molecule has 1 aromatic heterocycles. The highest BCUT2D eigenvalue weighted by atomic mass is 32.2. The SMILES string of the molecule is CNS(=O)(=O)c1cccc(Nc2cc(Nc3ccc(SC)cc3)ncn2)c1. The fourth-order valence-corrected chi connectivity index (χ4v) is 3.51. The second-order valence-corrected chi connectivity index (χ2v) is 8.27. The lowest BCUT2D eigenvalue weighted by Gasteiger charge is -2.10. The van der Waals surface area contributed by atoms with E-state index in [9.17, 15) is 8.42 Å². The average Bonchev–Trinajstić information content (AvgIpc) is 2.69. The van der Waals surface area contributed by atoms with Crippen LogP contribution in [0.1, 0.15) is 0 Å². The zero-order valence-electron chi connectivity index (χ0n) is 14.8. The van der Waals surface area contributed by atoms with Crippen LogP contribution in [0.4, 0.5) is 23.0 Å². The van der Waals surface area contributed by atoms with Crippen LogP contribution in [0.15, 0.2) is 70.7 Å². The minimum absolute atomic E-state index is 0.177. The van der Waals surface area contributed by atoms with Gasteiger partial charge in [0, 0.05) is 22.3 Å². The van der Waals surface area contributed by atoms with Gasteiger partial charge in [-0.25, -0.2) is 23.1 Å². The van der Waals surface area contributed by atoms with Crippen molar-refractivity contribution in [2.75, 3.05) is 23.9 Å². The second-order valence-electron chi connectivity index (χ2n) is 5.50. The van der Waals surface area contributed by atoms with Gasteiger partial charge >= 0.3 is 0 Å². The molecule has 0 amide bonds. The Morgan fingerprint density at radius 2 is 1.56 bits per heavy atom. The monoisotopic (exact) mass is 401 g/mol. The molecule has 140 valence electrons. The van der Waals surface area contributed by atoms with Crippen molar-refractivity contribution in [2.45, 2.75) is 9.79 Å². The molecular weight excluding hydrogens is 382 g/mol. The van der Waals surface area contributed by atoms with Gasteiger partial charge in [0.25, 0.3) is 0 Å². The number of hydrogen-bond acceptors (Lipinski definition) is 7. The van der Waals surface area contributed by atoms with Gasteiger partial charge in [-0.2, -0.15) is 0 Å². The molecule has 0 saturated heterocycles. The first-order chi connectivity index (χ1) is 13.0. The Hall–Kier alpha value is -2.62. The third-order valence-electron chi connectivity index (χ3n) is 3.71. The molecule has 1 heterocycles. The Bertz CT molecular complexity index is 1020. The molecular formula is C18H19N5O2S2. The summed E-state index contributed by atoms with van der Waals surface area (Å²) in [4.78, 5) is 9.76. The van der Waals surface area contributed by atoms with Gasteiger partial charge < -0.3 is 10.6 Å². The van der Waals surface area contributed by atoms with Crippen LogP contribution in [0.2, 0.25) is 0 Å². The zero-order chi connectivity index (χ0) is 19.3. The Labute approximate surface area is 162 Å². The highest BCUT2D eigenvalue weighted by molar-refractivity contribution is 7.98. The molecule has 9 heteroatoms. The van der Waals surface area contributed by atoms with E-state index in [1.807, 2.05) is 30.5 Å². The van der Waals surface area contributed by atoms with Crippen LogP contribution < -0.4 is 15.4 Å². The smallest absolute Gasteiger partial charge is 0.240 e. The van der Waals surface area contributed by atoms with Crippen molar-refractivity contribution in [3.8, 4) is 0 Å². The van der Waals surface area contributed by atoms with Crippen molar-refractivity contribution in [3.63, 3.8) is 0 Å². The van der Waals surface area contributed by atoms with Crippen LogP contribution in [0, 0.1) is 0 Å². The number of rotatable bonds is 7. The predicted molar refractivity (Wildman–Crippen MR) is 110 cm³/mol. The largest absolute Gasteiger partial charge is 0.340 e. The van der Waals surface area contributed by atoms with Gasteiger partial charge in [-0.15, -0.1) is 11.8 Å². The number of nitrogens with one attached hydrogen (secondary N) is 3. The van der Waals surface area contributed by atoms with E-state index < -0.39 is 10.0 Å². The molecule has 3 N–H and O–H groups in total. The molecule has 0 fully saturated rings. The van der Waals surface area contributed by atoms with Crippen molar-refractivity contribution >= 4 is 44.8 Å². The van der Waals surface area contributed by atoms with Gasteiger partial charge in [0.05, 0.1) is 4.90 Å². The Kier molecular flexibility index (Phi) is 5.94. The van der Waals surface area contributed by atoms with Crippen molar-refractivity contribution in [1.82, 2.24) is 14.7 Å². The molecule has 0 spiro atoms. The molecule has 3 aromatic rings. The fourth-order valence-electron chi connectivity index (χ4n) is 2.32. The molecule has 27 heavy (non-hydrogen) atoms. The van der Waals surface area contributed by atoms with Crippen molar-refractivity contribution < 1.29 is 8.42 Å². The lowest BCUT2D eigenvalue weighted by atomic mass is 10.3. The average molecular weight is 402 g/mol. The summed E-state index contributed by atoms with van der Waals surface area (Å²) in [5, 5.41) is 6.32. The Morgan fingerprint density at radius 1 is 0.889 bits per heavy atom. The standard InChI is InChI=1S/C18H19N5O2S2/c1-19-27(24,25)16-5-3-4-14(10-16)23-18-11-17(20-12-21-18)22-13-6-8-15(26-2)9-7-13/h3-12,19H,1-2H3,(H2,20,21,22,23). The molecule has 7 nitrogen and oxygen atoms in total. The number of thioether (sulfide) groups is 1. The molecule has 0 saturated carbocycles. The number of benzene rings is 2. The summed E-state index contributed by atoms with van der Waals surface area (Å²) in [6.45, 7) is 0. The van der Waals surface area contributed by atoms with Crippen molar-refractivity contribution in [2.24, 2.45) is 0 Å². The van der Waals surface area contributed by atoms with Crippen LogP contribution in [0.5, 0.6) is 0 Å². The summed E-state index contributed by atoms with van der Waals surface area (Å²) in [6.07, 6.45) is 3.47. The molecule has 0 aliphatic carbocycles. The lowest BCUT2D eigenvalue weighted by Crippen LogP contribution is -2.18. The first kappa shape index (κ1) is 19.2. The van der Waals surface area contributed by atoms with Gasteiger partial charge in [0.15, 0.2) is 0 Å². The number of anilines is 4. The van der Waals surface area contributed by atoms with Crippen LogP contribution in [0.3, 0.4) is 0 Å². The van der Waals surface area contributed by atoms with E-state index in [0.717, 1.165) is 5.69 Å². The number of sulfonamides is 1. The van der Waals surface area contributed by atoms with E-state index in [1.165, 1.54) is 24.3 Å². The van der Waals surface area contributed by atoms with Crippen LogP contribution in [-0.2, 0) is 10.0 Å². The maximum absolute atomic E-state index is 11.9. The normalized spacial score (nSPS) is 11.2. The van der Waals surface area contributed by atoms with E-state index in [4.69, 9.17) is 0 Å². The number of aromatic nitrogens is 2. The van der Waals surface area contributed by atoms with E-state index in [0.29, 0.717) is 17.3 Å². The molecule has 0 radical (unpaired) electrons. The molecule has 0 aliphatic rings. The first-order valence-corrected chi connectivity index (χ1v) is 10.7. The van der Waals surface area contributed by atoms with E-state index in [2.05, 4.69) is 25.3 Å². The van der Waals surface area contributed by atoms with Crippen molar-refractivity contribution in [3.05, 3.63) is 60.9 Å². The highest BCUT2D eigenvalue weighted by Crippen LogP contribution is 2.23. The zero-order valence-corrected chi connectivity index (χ0v) is 16.4. The molecule has 3 rings (SSSR count). The van der Waals surface area contributed by atoms with E-state index in [-0.39, 0.29) is 4.90 Å². The van der Waals surface area contributed by atoms with Crippen molar-refractivity contribution in [1.29, 1.82) is 0 Å². The predicted octanol–water partition coefficient (Wildman–Crippen LogP) is 3.59. The number of nitrogens with zero attached hydrogens (tertiary/aromatic N) is 2. The van der Waals surface area contributed by atoms with Gasteiger partial charge in [-0.05, 0) is 55.8 Å². The van der Waals surface area contributed by atoms with E-state index >= 15 is 0 Å². The molecule has 0 aliphatic heterocycles. The van der Waals surface area contributed by atoms with Crippen LogP contribution >= 0.6 is 11.8 Å². The summed E-state index contributed by atoms with van der Waals surface area (Å²) in [7, 11) is -2.13. The maximum atomic E-state index is 11.9. The topological polar surface area (TPSA) is 96.0 Å². The highest BCUT2D eigenvalue weighted by Gasteiger charge is 2.11. The lowest BCUT2D eigenvalue weighted by molar-refractivity contribution is 0.588. The maximum Gasteiger partial charge on any atom is 0.240 e. The van der Waals surface area contributed by atoms with E-state index in [1.54, 1.807) is 36.0 Å². The second kappa shape index (κ2) is 8.38. The molecule has 2 aromatic carbocycles. The molecule has 0 unspecified atom stereocenters. The Morgan fingerprint density at radius 3 is 2.19 bits per heavy atom. The third-order valence-corrected chi connectivity index (χ3v) is 5.87. The van der Waals surface area contributed by atoms with Gasteiger partial charge in [-0.3, -0.25) is 0 Å². The summed E-state index contributed by atoms with van der Waals surface area (Å²) in [5.41, 5.74) is 1.53. The Balaban J connectivity index is 1.77. The van der Waals surface area contributed by atoms with Crippen LogP contribution in [0.25, 0.3) is 0 Å². The fraction of sp³-hybridized carbons (Fsp3) is 0.111. The third kappa shape index (κ3) is 4.97. The molecule has 0 bridgehead atoms. The summed E-state index contributed by atoms with van der Waals surface area (Å²) in [6, 6.07) is 16.3. The molecule has 0 atom stereocenters. The number of hydrogen-bond donors (Lipinski definition) is 3. The van der Waals surface area contributed by atoms with Gasteiger partial charge in [-0.1, -0.05) is 6.07 Å². The van der Waals surface area contributed by atoms with Gasteiger partial charge in [0.1, 0.15) is 18.0 Å². The quantitative estimate of drug-likeness (QED) is 0.521. The van der Waals surface area contributed by atoms with Crippen LogP contribution in [-0.4, -0.2) is 31.7 Å².